The Morgan fingerprint density at radius 2 is 1.15 bits per heavy atom. The molecule has 1 aliphatic rings. The summed E-state index contributed by atoms with van der Waals surface area (Å²) in [5.74, 6) is 0. The van der Waals surface area contributed by atoms with E-state index in [1.165, 1.54) is 86.7 Å². The van der Waals surface area contributed by atoms with Gasteiger partial charge in [-0.05, 0) is 95.3 Å². The SMILES string of the molecule is CC1(C)c2cc(-c3ccc4c(ccc5ccc6nc(-c7ccc8ccccc8c7)sc6c54)c3)ccc2-c2ccc3ccccc3c21. The Kier molecular flexibility index (Phi) is 5.28. The predicted molar refractivity (Wildman–Crippen MR) is 198 cm³/mol. The van der Waals surface area contributed by atoms with Gasteiger partial charge in [-0.1, -0.05) is 129 Å². The number of aromatic nitrogens is 1. The van der Waals surface area contributed by atoms with Gasteiger partial charge in [-0.3, -0.25) is 0 Å². The average Bonchev–Trinajstić information content (AvgIpc) is 3.64. The average molecular weight is 604 g/mol. The number of thiazole rings is 1. The Labute approximate surface area is 271 Å². The van der Waals surface area contributed by atoms with Crippen LogP contribution in [0.4, 0.5) is 0 Å². The maximum absolute atomic E-state index is 5.11. The Morgan fingerprint density at radius 3 is 2.07 bits per heavy atom. The van der Waals surface area contributed by atoms with E-state index in [4.69, 9.17) is 4.98 Å². The van der Waals surface area contributed by atoms with Crippen molar-refractivity contribution >= 4 is 64.6 Å². The van der Waals surface area contributed by atoms with Gasteiger partial charge >= 0.3 is 0 Å². The van der Waals surface area contributed by atoms with E-state index in [2.05, 4.69) is 153 Å². The molecule has 0 saturated carbocycles. The summed E-state index contributed by atoms with van der Waals surface area (Å²) in [6, 6.07) is 51.6. The lowest BCUT2D eigenvalue weighted by Crippen LogP contribution is -2.15. The first-order valence-corrected chi connectivity index (χ1v) is 16.8. The van der Waals surface area contributed by atoms with Crippen molar-refractivity contribution in [2.45, 2.75) is 19.3 Å². The lowest BCUT2D eigenvalue weighted by molar-refractivity contribution is 0.666. The van der Waals surface area contributed by atoms with Crippen LogP contribution in [-0.4, -0.2) is 4.98 Å². The van der Waals surface area contributed by atoms with Crippen LogP contribution in [-0.2, 0) is 5.41 Å². The van der Waals surface area contributed by atoms with Crippen LogP contribution in [0.2, 0.25) is 0 Å². The second-order valence-corrected chi connectivity index (χ2v) is 14.2. The van der Waals surface area contributed by atoms with Crippen molar-refractivity contribution in [1.82, 2.24) is 4.98 Å². The first kappa shape index (κ1) is 26.0. The second-order valence-electron chi connectivity index (χ2n) is 13.2. The molecule has 0 amide bonds. The van der Waals surface area contributed by atoms with Crippen LogP contribution in [0.3, 0.4) is 0 Å². The minimum atomic E-state index is -0.0743. The molecule has 0 atom stereocenters. The van der Waals surface area contributed by atoms with Crippen molar-refractivity contribution in [2.24, 2.45) is 0 Å². The smallest absolute Gasteiger partial charge is 0.124 e. The zero-order valence-corrected chi connectivity index (χ0v) is 26.5. The standard InChI is InChI=1S/C44H29NS/c1-44(2)38-25-31(17-20-36(38)37-21-15-27-8-5-6-10-35(27)41(37)44)30-16-19-34-32(23-30)13-12-28-18-22-39-42(40(28)34)46-43(45-39)33-14-11-26-7-3-4-9-29(26)24-33/h3-25H,1-2H3. The van der Waals surface area contributed by atoms with Gasteiger partial charge in [0.15, 0.2) is 0 Å². The van der Waals surface area contributed by atoms with Gasteiger partial charge in [-0.25, -0.2) is 4.98 Å². The molecule has 0 saturated heterocycles. The van der Waals surface area contributed by atoms with Crippen molar-refractivity contribution in [2.75, 3.05) is 0 Å². The summed E-state index contributed by atoms with van der Waals surface area (Å²) in [7, 11) is 0. The van der Waals surface area contributed by atoms with E-state index in [0.717, 1.165) is 10.5 Å². The first-order chi connectivity index (χ1) is 22.5. The predicted octanol–water partition coefficient (Wildman–Crippen LogP) is 12.5. The van der Waals surface area contributed by atoms with Crippen LogP contribution in [0.15, 0.2) is 140 Å². The third-order valence-electron chi connectivity index (χ3n) is 10.2. The Hall–Kier alpha value is -5.31. The highest BCUT2D eigenvalue weighted by atomic mass is 32.1. The van der Waals surface area contributed by atoms with E-state index in [0.29, 0.717) is 0 Å². The van der Waals surface area contributed by atoms with E-state index in [1.54, 1.807) is 11.3 Å². The molecule has 1 aliphatic carbocycles. The fourth-order valence-corrected chi connectivity index (χ4v) is 9.07. The van der Waals surface area contributed by atoms with Gasteiger partial charge in [-0.2, -0.15) is 0 Å². The fraction of sp³-hybridized carbons (Fsp3) is 0.0682. The molecular formula is C44H29NS. The molecule has 0 radical (unpaired) electrons. The molecule has 9 aromatic rings. The highest BCUT2D eigenvalue weighted by Gasteiger charge is 2.37. The number of fused-ring (bicyclic) bond motifs is 11. The number of hydrogen-bond donors (Lipinski definition) is 0. The Morgan fingerprint density at radius 1 is 0.500 bits per heavy atom. The normalized spacial score (nSPS) is 13.6. The van der Waals surface area contributed by atoms with Gasteiger partial charge in [0, 0.05) is 16.4 Å². The van der Waals surface area contributed by atoms with E-state index >= 15 is 0 Å². The highest BCUT2D eigenvalue weighted by Crippen LogP contribution is 2.52. The quantitative estimate of drug-likeness (QED) is 0.179. The zero-order chi connectivity index (χ0) is 30.6. The van der Waals surface area contributed by atoms with Gasteiger partial charge in [0.1, 0.15) is 5.01 Å². The Balaban J connectivity index is 1.10. The van der Waals surface area contributed by atoms with Gasteiger partial charge in [0.25, 0.3) is 0 Å². The van der Waals surface area contributed by atoms with Gasteiger partial charge in [0.2, 0.25) is 0 Å². The lowest BCUT2D eigenvalue weighted by atomic mass is 9.79. The van der Waals surface area contributed by atoms with Crippen LogP contribution in [0, 0.1) is 0 Å². The molecule has 1 heterocycles. The number of benzene rings is 8. The Bertz CT molecular complexity index is 2730. The third kappa shape index (κ3) is 3.65. The van der Waals surface area contributed by atoms with E-state index in [-0.39, 0.29) is 5.41 Å². The fourth-order valence-electron chi connectivity index (χ4n) is 7.94. The van der Waals surface area contributed by atoms with E-state index in [9.17, 15) is 0 Å². The number of hydrogen-bond acceptors (Lipinski definition) is 2. The van der Waals surface area contributed by atoms with Gasteiger partial charge in [0.05, 0.1) is 10.2 Å². The van der Waals surface area contributed by atoms with Crippen molar-refractivity contribution < 1.29 is 0 Å². The van der Waals surface area contributed by atoms with Crippen molar-refractivity contribution in [1.29, 1.82) is 0 Å². The maximum Gasteiger partial charge on any atom is 0.124 e. The summed E-state index contributed by atoms with van der Waals surface area (Å²) in [6.45, 7) is 4.76. The van der Waals surface area contributed by atoms with Crippen molar-refractivity contribution in [3.63, 3.8) is 0 Å². The molecule has 1 aromatic heterocycles. The molecule has 0 fully saturated rings. The molecule has 10 rings (SSSR count). The summed E-state index contributed by atoms with van der Waals surface area (Å²) in [5, 5.41) is 11.3. The summed E-state index contributed by atoms with van der Waals surface area (Å²) >= 11 is 1.80. The summed E-state index contributed by atoms with van der Waals surface area (Å²) < 4.78 is 1.25. The topological polar surface area (TPSA) is 12.9 Å². The van der Waals surface area contributed by atoms with Crippen LogP contribution in [0.1, 0.15) is 25.0 Å². The minimum Gasteiger partial charge on any atom is -0.236 e. The van der Waals surface area contributed by atoms with Crippen LogP contribution < -0.4 is 0 Å². The molecule has 2 heteroatoms. The lowest BCUT2D eigenvalue weighted by Gasteiger charge is -2.23. The largest absolute Gasteiger partial charge is 0.236 e. The molecule has 216 valence electrons. The van der Waals surface area contributed by atoms with Crippen molar-refractivity contribution in [3.8, 4) is 32.8 Å². The third-order valence-corrected chi connectivity index (χ3v) is 11.4. The van der Waals surface area contributed by atoms with Gasteiger partial charge in [-0.15, -0.1) is 11.3 Å². The summed E-state index contributed by atoms with van der Waals surface area (Å²) in [5.41, 5.74) is 10.2. The molecule has 8 aromatic carbocycles. The molecule has 0 N–H and O–H groups in total. The zero-order valence-electron chi connectivity index (χ0n) is 25.6. The molecule has 46 heavy (non-hydrogen) atoms. The molecule has 0 aliphatic heterocycles. The van der Waals surface area contributed by atoms with Gasteiger partial charge < -0.3 is 0 Å². The van der Waals surface area contributed by atoms with Crippen LogP contribution in [0.5, 0.6) is 0 Å². The number of rotatable bonds is 2. The summed E-state index contributed by atoms with van der Waals surface area (Å²) in [4.78, 5) is 5.11. The van der Waals surface area contributed by atoms with E-state index < -0.39 is 0 Å². The van der Waals surface area contributed by atoms with Crippen LogP contribution in [0.25, 0.3) is 86.1 Å². The second kappa shape index (κ2) is 9.36. The maximum atomic E-state index is 5.11. The first-order valence-electron chi connectivity index (χ1n) is 16.0. The minimum absolute atomic E-state index is 0.0743. The van der Waals surface area contributed by atoms with Crippen LogP contribution >= 0.6 is 11.3 Å². The van der Waals surface area contributed by atoms with E-state index in [1.807, 2.05) is 0 Å². The van der Waals surface area contributed by atoms with Crippen molar-refractivity contribution in [3.05, 3.63) is 151 Å². The molecule has 0 spiro atoms. The monoisotopic (exact) mass is 603 g/mol. The molecule has 0 unspecified atom stereocenters. The molecular weight excluding hydrogens is 575 g/mol. The highest BCUT2D eigenvalue weighted by molar-refractivity contribution is 7.22. The summed E-state index contributed by atoms with van der Waals surface area (Å²) in [6.07, 6.45) is 0. The molecule has 1 nitrogen and oxygen atoms in total. The molecule has 0 bridgehead atoms. The number of nitrogens with zero attached hydrogens (tertiary/aromatic N) is 1.